The van der Waals surface area contributed by atoms with E-state index in [1.807, 2.05) is 0 Å². The summed E-state index contributed by atoms with van der Waals surface area (Å²) in [6.07, 6.45) is -4.27. The fourth-order valence-corrected chi connectivity index (χ4v) is 1.07. The minimum atomic E-state index is -4.38. The van der Waals surface area contributed by atoms with E-state index in [4.69, 9.17) is 10.8 Å². The van der Waals surface area contributed by atoms with Crippen LogP contribution in [0.5, 0.6) is 0 Å². The van der Waals surface area contributed by atoms with Gasteiger partial charge in [0.1, 0.15) is 6.61 Å². The molecule has 0 fully saturated rings. The number of carbonyl (C=O) groups is 1. The summed E-state index contributed by atoms with van der Waals surface area (Å²) in [5.41, 5.74) is 5.19. The lowest BCUT2D eigenvalue weighted by Crippen LogP contribution is -2.23. The molecule has 1 atom stereocenters. The summed E-state index contributed by atoms with van der Waals surface area (Å²) < 4.78 is 39.4. The van der Waals surface area contributed by atoms with E-state index in [9.17, 15) is 18.0 Å². The molecule has 3 N–H and O–H groups in total. The van der Waals surface area contributed by atoms with Crippen LogP contribution < -0.4 is 5.73 Å². The van der Waals surface area contributed by atoms with Crippen molar-refractivity contribution in [1.82, 2.24) is 0 Å². The van der Waals surface area contributed by atoms with Gasteiger partial charge in [-0.25, -0.2) is 0 Å². The zero-order chi connectivity index (χ0) is 11.9. The number of alkyl halides is 3. The van der Waals surface area contributed by atoms with Gasteiger partial charge in [0, 0.05) is 0 Å². The van der Waals surface area contributed by atoms with Crippen molar-refractivity contribution < 1.29 is 27.8 Å². The van der Waals surface area contributed by atoms with Crippen LogP contribution in [0.4, 0.5) is 13.2 Å². The van der Waals surface area contributed by atoms with Gasteiger partial charge >= 0.3 is 12.1 Å². The summed E-state index contributed by atoms with van der Waals surface area (Å²) in [5.74, 6) is -1.53. The van der Waals surface area contributed by atoms with Crippen molar-refractivity contribution in [2.45, 2.75) is 19.0 Å². The van der Waals surface area contributed by atoms with Crippen LogP contribution in [0.25, 0.3) is 0 Å². The first-order valence-corrected chi connectivity index (χ1v) is 4.41. The van der Waals surface area contributed by atoms with Gasteiger partial charge in [0.2, 0.25) is 0 Å². The van der Waals surface area contributed by atoms with Crippen LogP contribution in [0.15, 0.2) is 0 Å². The Morgan fingerprint density at radius 2 is 2.07 bits per heavy atom. The fourth-order valence-electron chi connectivity index (χ4n) is 1.07. The van der Waals surface area contributed by atoms with Crippen molar-refractivity contribution >= 4 is 5.97 Å². The normalized spacial score (nSPS) is 13.9. The lowest BCUT2D eigenvalue weighted by molar-refractivity contribution is -0.177. The second-order valence-electron chi connectivity index (χ2n) is 3.17. The number of carboxylic acids is 1. The van der Waals surface area contributed by atoms with Gasteiger partial charge in [-0.3, -0.25) is 4.79 Å². The van der Waals surface area contributed by atoms with E-state index in [1.165, 1.54) is 0 Å². The standard InChI is InChI=1S/C8H14F3NO3/c9-8(10,11)5-15-4-6(1-2-12)3-7(13)14/h6H,1-5,12H2,(H,13,14)/t6-/m0/s1. The van der Waals surface area contributed by atoms with Gasteiger partial charge in [-0.2, -0.15) is 13.2 Å². The molecule has 90 valence electrons. The smallest absolute Gasteiger partial charge is 0.411 e. The first-order chi connectivity index (χ1) is 6.85. The molecular formula is C8H14F3NO3. The summed E-state index contributed by atoms with van der Waals surface area (Å²) in [5, 5.41) is 8.45. The van der Waals surface area contributed by atoms with Gasteiger partial charge in [-0.05, 0) is 18.9 Å². The molecule has 0 spiro atoms. The minimum Gasteiger partial charge on any atom is -0.481 e. The average molecular weight is 229 g/mol. The first-order valence-electron chi connectivity index (χ1n) is 4.41. The summed E-state index contributed by atoms with van der Waals surface area (Å²) in [7, 11) is 0. The minimum absolute atomic E-state index is 0.227. The molecule has 0 rings (SSSR count). The van der Waals surface area contributed by atoms with E-state index >= 15 is 0 Å². The SMILES string of the molecule is NCC[C@H](COCC(F)(F)F)CC(=O)O. The van der Waals surface area contributed by atoms with Crippen molar-refractivity contribution in [3.05, 3.63) is 0 Å². The Kier molecular flexibility index (Phi) is 6.26. The molecule has 0 aromatic carbocycles. The fraction of sp³-hybridized carbons (Fsp3) is 0.875. The number of carboxylic acid groups (broad SMARTS) is 1. The second kappa shape index (κ2) is 6.62. The predicted molar refractivity (Wildman–Crippen MR) is 46.3 cm³/mol. The van der Waals surface area contributed by atoms with E-state index in [0.29, 0.717) is 6.42 Å². The van der Waals surface area contributed by atoms with Gasteiger partial charge in [0.25, 0.3) is 0 Å². The maximum absolute atomic E-state index is 11.7. The van der Waals surface area contributed by atoms with Crippen LogP contribution in [-0.4, -0.2) is 37.0 Å². The van der Waals surface area contributed by atoms with E-state index in [-0.39, 0.29) is 19.6 Å². The van der Waals surface area contributed by atoms with Gasteiger partial charge in [-0.15, -0.1) is 0 Å². The zero-order valence-corrected chi connectivity index (χ0v) is 8.09. The highest BCUT2D eigenvalue weighted by molar-refractivity contribution is 5.67. The number of nitrogens with two attached hydrogens (primary N) is 1. The molecule has 0 saturated heterocycles. The Balaban J connectivity index is 3.80. The first kappa shape index (κ1) is 14.2. The molecule has 0 aliphatic carbocycles. The average Bonchev–Trinajstić information content (AvgIpc) is 2.00. The summed E-state index contributed by atoms with van der Waals surface area (Å²) in [4.78, 5) is 10.3. The van der Waals surface area contributed by atoms with E-state index < -0.39 is 24.7 Å². The van der Waals surface area contributed by atoms with Crippen LogP contribution >= 0.6 is 0 Å². The van der Waals surface area contributed by atoms with Crippen molar-refractivity contribution in [2.75, 3.05) is 19.8 Å². The van der Waals surface area contributed by atoms with E-state index in [0.717, 1.165) is 0 Å². The molecule has 4 nitrogen and oxygen atoms in total. The lowest BCUT2D eigenvalue weighted by atomic mass is 10.0. The van der Waals surface area contributed by atoms with E-state index in [2.05, 4.69) is 4.74 Å². The Morgan fingerprint density at radius 1 is 1.47 bits per heavy atom. The van der Waals surface area contributed by atoms with Gasteiger partial charge in [0.05, 0.1) is 13.0 Å². The molecule has 0 aromatic heterocycles. The van der Waals surface area contributed by atoms with Crippen LogP contribution in [0.1, 0.15) is 12.8 Å². The monoisotopic (exact) mass is 229 g/mol. The van der Waals surface area contributed by atoms with Crippen molar-refractivity contribution in [2.24, 2.45) is 11.7 Å². The topological polar surface area (TPSA) is 72.5 Å². The van der Waals surface area contributed by atoms with Gasteiger partial charge in [0.15, 0.2) is 0 Å². The molecule has 0 aromatic rings. The molecule has 0 aliphatic heterocycles. The third-order valence-corrected chi connectivity index (χ3v) is 1.66. The van der Waals surface area contributed by atoms with Crippen LogP contribution in [0, 0.1) is 5.92 Å². The predicted octanol–water partition coefficient (Wildman–Crippen LogP) is 1.01. The molecule has 0 amide bonds. The maximum atomic E-state index is 11.7. The van der Waals surface area contributed by atoms with Crippen molar-refractivity contribution in [1.29, 1.82) is 0 Å². The maximum Gasteiger partial charge on any atom is 0.411 e. The summed E-state index contributed by atoms with van der Waals surface area (Å²) >= 11 is 0. The zero-order valence-electron chi connectivity index (χ0n) is 8.09. The van der Waals surface area contributed by atoms with Crippen molar-refractivity contribution in [3.63, 3.8) is 0 Å². The highest BCUT2D eigenvalue weighted by Crippen LogP contribution is 2.16. The quantitative estimate of drug-likeness (QED) is 0.683. The third-order valence-electron chi connectivity index (χ3n) is 1.66. The van der Waals surface area contributed by atoms with Crippen LogP contribution in [0.2, 0.25) is 0 Å². The van der Waals surface area contributed by atoms with Crippen molar-refractivity contribution in [3.8, 4) is 0 Å². The molecule has 0 heterocycles. The van der Waals surface area contributed by atoms with Crippen LogP contribution in [-0.2, 0) is 9.53 Å². The number of hydrogen-bond donors (Lipinski definition) is 2. The molecule has 0 unspecified atom stereocenters. The third kappa shape index (κ3) is 9.48. The number of rotatable bonds is 7. The molecule has 0 saturated carbocycles. The number of halogens is 3. The molecular weight excluding hydrogens is 215 g/mol. The second-order valence-corrected chi connectivity index (χ2v) is 3.17. The Labute approximate surface area is 85.2 Å². The molecule has 15 heavy (non-hydrogen) atoms. The highest BCUT2D eigenvalue weighted by Gasteiger charge is 2.28. The summed E-state index contributed by atoms with van der Waals surface area (Å²) in [6.45, 7) is -1.36. The highest BCUT2D eigenvalue weighted by atomic mass is 19.4. The van der Waals surface area contributed by atoms with Gasteiger partial charge in [-0.1, -0.05) is 0 Å². The Morgan fingerprint density at radius 3 is 2.47 bits per heavy atom. The molecule has 0 bridgehead atoms. The van der Waals surface area contributed by atoms with E-state index in [1.54, 1.807) is 0 Å². The summed E-state index contributed by atoms with van der Waals surface area (Å²) in [6, 6.07) is 0. The van der Waals surface area contributed by atoms with Crippen LogP contribution in [0.3, 0.4) is 0 Å². The number of ether oxygens (including phenoxy) is 1. The Hall–Kier alpha value is -0.820. The molecule has 7 heteroatoms. The number of aliphatic carboxylic acids is 1. The largest absolute Gasteiger partial charge is 0.481 e. The molecule has 0 aliphatic rings. The Bertz CT molecular complexity index is 196. The lowest BCUT2D eigenvalue weighted by Gasteiger charge is -2.14. The van der Waals surface area contributed by atoms with Gasteiger partial charge < -0.3 is 15.6 Å². The molecule has 0 radical (unpaired) electrons. The number of hydrogen-bond acceptors (Lipinski definition) is 3.